The van der Waals surface area contributed by atoms with Crippen molar-refractivity contribution in [2.75, 3.05) is 14.2 Å². The Hall–Kier alpha value is -2.56. The summed E-state index contributed by atoms with van der Waals surface area (Å²) in [7, 11) is 3.21. The van der Waals surface area contributed by atoms with Gasteiger partial charge >= 0.3 is 0 Å². The molecule has 136 valence electrons. The second kappa shape index (κ2) is 5.73. The van der Waals surface area contributed by atoms with E-state index >= 15 is 0 Å². The molecule has 4 rings (SSSR count). The first kappa shape index (κ1) is 16.9. The summed E-state index contributed by atoms with van der Waals surface area (Å²) < 4.78 is 12.2. The van der Waals surface area contributed by atoms with Gasteiger partial charge in [0.05, 0.1) is 25.6 Å². The molecule has 1 saturated carbocycles. The summed E-state index contributed by atoms with van der Waals surface area (Å²) >= 11 is 0. The maximum atomic E-state index is 12.7. The summed E-state index contributed by atoms with van der Waals surface area (Å²) in [6.07, 6.45) is 4.27. The van der Waals surface area contributed by atoms with Crippen molar-refractivity contribution in [2.45, 2.75) is 33.1 Å². The number of methoxy groups -OCH3 is 2. The standard InChI is InChI=1S/C21H24N2O3/c1-12-19-16(11-15-20(19)21(15,2)3)23(22-12)18(24)9-7-13-6-8-14(25-4)10-17(13)26-5/h6-10,15,20H,11H2,1-5H3/t15-,20-/m1/s1. The van der Waals surface area contributed by atoms with Gasteiger partial charge in [0, 0.05) is 23.3 Å². The number of nitrogens with zero attached hydrogens (tertiary/aromatic N) is 2. The van der Waals surface area contributed by atoms with Gasteiger partial charge < -0.3 is 9.47 Å². The van der Waals surface area contributed by atoms with Crippen LogP contribution in [-0.2, 0) is 6.42 Å². The van der Waals surface area contributed by atoms with Crippen LogP contribution in [0, 0.1) is 18.3 Å². The Morgan fingerprint density at radius 1 is 1.31 bits per heavy atom. The normalized spacial score (nSPS) is 22.2. The molecular weight excluding hydrogens is 328 g/mol. The lowest BCUT2D eigenvalue weighted by Gasteiger charge is -2.09. The van der Waals surface area contributed by atoms with Crippen LogP contribution in [0.2, 0.25) is 0 Å². The van der Waals surface area contributed by atoms with Crippen LogP contribution in [0.15, 0.2) is 24.3 Å². The maximum Gasteiger partial charge on any atom is 0.271 e. The fourth-order valence-corrected chi connectivity index (χ4v) is 4.46. The van der Waals surface area contributed by atoms with Gasteiger partial charge in [-0.05, 0) is 48.8 Å². The maximum absolute atomic E-state index is 12.7. The Morgan fingerprint density at radius 2 is 2.08 bits per heavy atom. The third-order valence-electron chi connectivity index (χ3n) is 6.04. The van der Waals surface area contributed by atoms with E-state index in [1.807, 2.05) is 19.1 Å². The van der Waals surface area contributed by atoms with E-state index in [0.29, 0.717) is 28.7 Å². The molecule has 1 heterocycles. The first-order valence-electron chi connectivity index (χ1n) is 8.91. The minimum absolute atomic E-state index is 0.119. The Morgan fingerprint density at radius 3 is 2.77 bits per heavy atom. The fraction of sp³-hybridized carbons (Fsp3) is 0.429. The molecule has 0 aliphatic heterocycles. The molecule has 1 fully saturated rings. The van der Waals surface area contributed by atoms with Crippen molar-refractivity contribution in [3.8, 4) is 11.5 Å². The zero-order valence-electron chi connectivity index (χ0n) is 15.9. The predicted molar refractivity (Wildman–Crippen MR) is 99.9 cm³/mol. The quantitative estimate of drug-likeness (QED) is 0.784. The number of aromatic nitrogens is 2. The summed E-state index contributed by atoms with van der Waals surface area (Å²) in [6, 6.07) is 5.52. The van der Waals surface area contributed by atoms with Crippen LogP contribution < -0.4 is 9.47 Å². The molecule has 0 saturated heterocycles. The number of aryl methyl sites for hydroxylation is 1. The van der Waals surface area contributed by atoms with E-state index in [-0.39, 0.29) is 5.91 Å². The largest absolute Gasteiger partial charge is 0.497 e. The molecule has 2 aliphatic rings. The lowest BCUT2D eigenvalue weighted by molar-refractivity contribution is 0.0951. The van der Waals surface area contributed by atoms with Gasteiger partial charge in [0.25, 0.3) is 5.91 Å². The van der Waals surface area contributed by atoms with Crippen LogP contribution in [0.5, 0.6) is 11.5 Å². The second-order valence-corrected chi connectivity index (χ2v) is 7.75. The molecule has 5 nitrogen and oxygen atoms in total. The van der Waals surface area contributed by atoms with Crippen molar-refractivity contribution in [2.24, 2.45) is 11.3 Å². The molecule has 0 radical (unpaired) electrons. The number of benzene rings is 1. The molecule has 2 aliphatic carbocycles. The molecule has 5 heteroatoms. The number of fused-ring (bicyclic) bond motifs is 3. The molecule has 0 amide bonds. The molecule has 0 bridgehead atoms. The number of allylic oxidation sites excluding steroid dienone is 1. The molecule has 0 unspecified atom stereocenters. The van der Waals surface area contributed by atoms with Gasteiger partial charge in [-0.15, -0.1) is 0 Å². The lowest BCUT2D eigenvalue weighted by Crippen LogP contribution is -2.14. The van der Waals surface area contributed by atoms with Crippen molar-refractivity contribution in [3.05, 3.63) is 46.8 Å². The molecule has 1 aromatic carbocycles. The predicted octanol–water partition coefficient (Wildman–Crippen LogP) is 3.86. The number of hydrogen-bond donors (Lipinski definition) is 0. The zero-order chi connectivity index (χ0) is 18.6. The van der Waals surface area contributed by atoms with Gasteiger partial charge in [-0.2, -0.15) is 5.10 Å². The topological polar surface area (TPSA) is 53.4 Å². The molecular formula is C21H24N2O3. The number of ether oxygens (including phenoxy) is 2. The van der Waals surface area contributed by atoms with Crippen molar-refractivity contribution in [3.63, 3.8) is 0 Å². The highest BCUT2D eigenvalue weighted by atomic mass is 16.5. The van der Waals surface area contributed by atoms with Crippen LogP contribution >= 0.6 is 0 Å². The second-order valence-electron chi connectivity index (χ2n) is 7.75. The highest BCUT2D eigenvalue weighted by Crippen LogP contribution is 2.70. The first-order chi connectivity index (χ1) is 12.4. The van der Waals surface area contributed by atoms with Crippen LogP contribution in [0.1, 0.15) is 47.1 Å². The average Bonchev–Trinajstić information content (AvgIpc) is 2.98. The fourth-order valence-electron chi connectivity index (χ4n) is 4.46. The Kier molecular flexibility index (Phi) is 3.72. The van der Waals surface area contributed by atoms with Gasteiger partial charge in [0.1, 0.15) is 11.5 Å². The molecule has 26 heavy (non-hydrogen) atoms. The van der Waals surface area contributed by atoms with Gasteiger partial charge in [0.15, 0.2) is 0 Å². The van der Waals surface area contributed by atoms with Gasteiger partial charge in [-0.3, -0.25) is 4.79 Å². The van der Waals surface area contributed by atoms with E-state index in [1.54, 1.807) is 37.1 Å². The number of carbonyl (C=O) groups is 1. The van der Waals surface area contributed by atoms with Crippen LogP contribution in [0.4, 0.5) is 0 Å². The molecule has 0 spiro atoms. The molecule has 2 atom stereocenters. The van der Waals surface area contributed by atoms with E-state index in [2.05, 4.69) is 18.9 Å². The van der Waals surface area contributed by atoms with Crippen molar-refractivity contribution in [1.29, 1.82) is 0 Å². The molecule has 1 aromatic heterocycles. The van der Waals surface area contributed by atoms with Crippen LogP contribution in [-0.4, -0.2) is 29.9 Å². The smallest absolute Gasteiger partial charge is 0.271 e. The Balaban J connectivity index is 1.60. The van der Waals surface area contributed by atoms with Gasteiger partial charge in [0.2, 0.25) is 0 Å². The number of hydrogen-bond acceptors (Lipinski definition) is 4. The Labute approximate surface area is 153 Å². The van der Waals surface area contributed by atoms with E-state index in [9.17, 15) is 4.79 Å². The summed E-state index contributed by atoms with van der Waals surface area (Å²) in [6.45, 7) is 6.62. The van der Waals surface area contributed by atoms with Crippen molar-refractivity contribution >= 4 is 12.0 Å². The highest BCUT2D eigenvalue weighted by Gasteiger charge is 2.63. The number of carbonyl (C=O) groups excluding carboxylic acids is 1. The van der Waals surface area contributed by atoms with E-state index in [1.165, 1.54) is 5.56 Å². The van der Waals surface area contributed by atoms with Crippen LogP contribution in [0.25, 0.3) is 6.08 Å². The first-order valence-corrected chi connectivity index (χ1v) is 8.91. The van der Waals surface area contributed by atoms with Crippen LogP contribution in [0.3, 0.4) is 0 Å². The Bertz CT molecular complexity index is 924. The van der Waals surface area contributed by atoms with E-state index < -0.39 is 0 Å². The summed E-state index contributed by atoms with van der Waals surface area (Å²) in [5.41, 5.74) is 4.55. The molecule has 0 N–H and O–H groups in total. The van der Waals surface area contributed by atoms with E-state index in [0.717, 1.165) is 23.4 Å². The van der Waals surface area contributed by atoms with E-state index in [4.69, 9.17) is 9.47 Å². The average molecular weight is 352 g/mol. The van der Waals surface area contributed by atoms with Gasteiger partial charge in [-0.1, -0.05) is 13.8 Å². The monoisotopic (exact) mass is 352 g/mol. The summed E-state index contributed by atoms with van der Waals surface area (Å²) in [5.74, 6) is 2.47. The third-order valence-corrected chi connectivity index (χ3v) is 6.04. The minimum atomic E-state index is -0.119. The summed E-state index contributed by atoms with van der Waals surface area (Å²) in [4.78, 5) is 12.7. The van der Waals surface area contributed by atoms with Crippen molar-refractivity contribution in [1.82, 2.24) is 9.78 Å². The van der Waals surface area contributed by atoms with Gasteiger partial charge in [-0.25, -0.2) is 4.68 Å². The summed E-state index contributed by atoms with van der Waals surface area (Å²) in [5, 5.41) is 4.52. The molecule has 2 aromatic rings. The van der Waals surface area contributed by atoms with Crippen molar-refractivity contribution < 1.29 is 14.3 Å². The highest BCUT2D eigenvalue weighted by molar-refractivity contribution is 5.94. The number of rotatable bonds is 4. The SMILES string of the molecule is COc1ccc(C=CC(=O)n2nc(C)c3c2C[C@@H]2[C@H]3C2(C)C)c(OC)c1. The zero-order valence-corrected chi connectivity index (χ0v) is 15.9. The minimum Gasteiger partial charge on any atom is -0.497 e. The third kappa shape index (κ3) is 2.37. The lowest BCUT2D eigenvalue weighted by atomic mass is 9.98.